The van der Waals surface area contributed by atoms with Crippen LogP contribution in [-0.2, 0) is 11.3 Å². The number of aromatic nitrogens is 4. The first-order chi connectivity index (χ1) is 22.9. The number of rotatable bonds is 3. The van der Waals surface area contributed by atoms with Gasteiger partial charge in [-0.2, -0.15) is 0 Å². The van der Waals surface area contributed by atoms with Crippen molar-refractivity contribution in [3.8, 4) is 11.5 Å². The van der Waals surface area contributed by atoms with Gasteiger partial charge in [-0.3, -0.25) is 9.59 Å². The first kappa shape index (κ1) is 31.3. The minimum atomic E-state index is -3.13. The highest BCUT2D eigenvalue weighted by Crippen LogP contribution is 2.47. The Morgan fingerprint density at radius 3 is 2.65 bits per heavy atom. The summed E-state index contributed by atoms with van der Waals surface area (Å²) < 4.78 is 65.3. The molecule has 2 aliphatic carbocycles. The van der Waals surface area contributed by atoms with Crippen molar-refractivity contribution in [1.29, 1.82) is 0 Å². The van der Waals surface area contributed by atoms with E-state index in [1.165, 1.54) is 15.2 Å². The summed E-state index contributed by atoms with van der Waals surface area (Å²) in [7, 11) is 0. The smallest absolute Gasteiger partial charge is 0.265 e. The van der Waals surface area contributed by atoms with Gasteiger partial charge in [-0.05, 0) is 82.2 Å². The molecule has 0 unspecified atom stereocenters. The molecule has 3 N–H and O–H groups in total. The van der Waals surface area contributed by atoms with Crippen molar-refractivity contribution in [3.05, 3.63) is 47.4 Å². The minimum Gasteiger partial charge on any atom is -0.348 e. The lowest BCUT2D eigenvalue weighted by atomic mass is 9.97. The molecule has 8 rings (SSSR count). The fourth-order valence-corrected chi connectivity index (χ4v) is 7.80. The van der Waals surface area contributed by atoms with Gasteiger partial charge in [0.25, 0.3) is 11.8 Å². The molecule has 4 aromatic rings. The maximum Gasteiger partial charge on any atom is 0.265 e. The molecule has 0 radical (unpaired) electrons. The number of carbonyl (C=O) groups is 2. The zero-order valence-corrected chi connectivity index (χ0v) is 26.9. The van der Waals surface area contributed by atoms with E-state index >= 15 is 13.2 Å². The van der Waals surface area contributed by atoms with Crippen molar-refractivity contribution in [3.63, 3.8) is 0 Å². The van der Waals surface area contributed by atoms with E-state index in [9.17, 15) is 14.0 Å². The molecule has 1 saturated heterocycles. The summed E-state index contributed by atoms with van der Waals surface area (Å²) in [6.45, 7) is 3.47. The lowest BCUT2D eigenvalue weighted by Gasteiger charge is -2.37. The second-order valence-corrected chi connectivity index (χ2v) is 14.3. The number of halogens is 4. The Labute approximate surface area is 274 Å². The van der Waals surface area contributed by atoms with Gasteiger partial charge >= 0.3 is 0 Å². The van der Waals surface area contributed by atoms with Crippen molar-refractivity contribution in [2.75, 3.05) is 6.54 Å². The predicted molar refractivity (Wildman–Crippen MR) is 172 cm³/mol. The van der Waals surface area contributed by atoms with Gasteiger partial charge in [0.05, 0.1) is 35.5 Å². The van der Waals surface area contributed by atoms with Crippen molar-refractivity contribution >= 4 is 33.9 Å². The van der Waals surface area contributed by atoms with Crippen LogP contribution in [0.15, 0.2) is 30.3 Å². The normalized spacial score (nSPS) is 30.3. The Hall–Kier alpha value is -4.00. The fourth-order valence-electron chi connectivity index (χ4n) is 7.80. The van der Waals surface area contributed by atoms with Gasteiger partial charge in [0.2, 0.25) is 5.91 Å². The molecule has 3 fully saturated rings. The summed E-state index contributed by atoms with van der Waals surface area (Å²) in [6.07, 6.45) is 1.50. The van der Waals surface area contributed by atoms with Gasteiger partial charge in [-0.25, -0.2) is 27.5 Å². The van der Waals surface area contributed by atoms with Crippen molar-refractivity contribution in [2.45, 2.75) is 102 Å². The van der Waals surface area contributed by atoms with Crippen LogP contribution in [0.4, 0.5) is 17.6 Å². The van der Waals surface area contributed by atoms with Gasteiger partial charge in [-0.1, -0.05) is 0 Å². The zero-order valence-electron chi connectivity index (χ0n) is 26.9. The van der Waals surface area contributed by atoms with E-state index in [1.54, 1.807) is 23.1 Å². The SMILES string of the molecule is C[C@@H]1[C@H](N)CCCN1C(=O)c1cc(F)c2c(c1)nc(-c1cc3ccc4nc3n1CC(F)(F)CCC[C@@H]1C[C@H]1C(=O)N[C@@H]4C)n2[C@H]1C[C@@H]1F. The molecule has 3 aromatic heterocycles. The molecular formula is C35H39F4N7O2. The summed E-state index contributed by atoms with van der Waals surface area (Å²) in [4.78, 5) is 37.6. The number of piperidine rings is 1. The maximum atomic E-state index is 16.1. The van der Waals surface area contributed by atoms with Crippen LogP contribution in [0.3, 0.4) is 0 Å². The minimum absolute atomic E-state index is 0.0183. The lowest BCUT2D eigenvalue weighted by Crippen LogP contribution is -2.52. The number of nitrogens with zero attached hydrogens (tertiary/aromatic N) is 5. The first-order valence-corrected chi connectivity index (χ1v) is 17.0. The molecule has 13 heteroatoms. The zero-order chi connectivity index (χ0) is 33.6. The quantitative estimate of drug-likeness (QED) is 0.259. The number of nitrogens with one attached hydrogen (secondary N) is 1. The monoisotopic (exact) mass is 665 g/mol. The van der Waals surface area contributed by atoms with E-state index < -0.39 is 36.5 Å². The predicted octanol–water partition coefficient (Wildman–Crippen LogP) is 6.06. The molecule has 2 bridgehead atoms. The molecule has 0 spiro atoms. The number of likely N-dealkylation sites (tertiary alicyclic amines) is 1. The van der Waals surface area contributed by atoms with Crippen molar-refractivity contribution in [1.82, 2.24) is 29.3 Å². The average molecular weight is 666 g/mol. The van der Waals surface area contributed by atoms with Crippen molar-refractivity contribution in [2.24, 2.45) is 17.6 Å². The molecule has 2 saturated carbocycles. The van der Waals surface area contributed by atoms with E-state index in [-0.39, 0.29) is 88.8 Å². The molecule has 1 aromatic carbocycles. The van der Waals surface area contributed by atoms with Gasteiger partial charge in [0, 0.05) is 48.3 Å². The van der Waals surface area contributed by atoms with Crippen LogP contribution in [0.5, 0.6) is 0 Å². The van der Waals surface area contributed by atoms with Gasteiger partial charge in [-0.15, -0.1) is 0 Å². The van der Waals surface area contributed by atoms with Gasteiger partial charge < -0.3 is 25.1 Å². The van der Waals surface area contributed by atoms with E-state index in [4.69, 9.17) is 15.7 Å². The number of hydrogen-bond acceptors (Lipinski definition) is 5. The summed E-state index contributed by atoms with van der Waals surface area (Å²) in [5.74, 6) is -4.27. The third kappa shape index (κ3) is 5.34. The molecule has 4 aliphatic rings. The van der Waals surface area contributed by atoms with E-state index in [0.717, 1.165) is 18.9 Å². The number of benzene rings is 1. The summed E-state index contributed by atoms with van der Waals surface area (Å²) in [5.41, 5.74) is 7.50. The van der Waals surface area contributed by atoms with E-state index in [0.29, 0.717) is 30.5 Å². The molecule has 2 aliphatic heterocycles. The molecule has 5 heterocycles. The Bertz CT molecular complexity index is 1960. The molecule has 7 atom stereocenters. The van der Waals surface area contributed by atoms with Gasteiger partial charge in [0.1, 0.15) is 23.2 Å². The number of alkyl halides is 3. The van der Waals surface area contributed by atoms with Crippen LogP contribution in [0, 0.1) is 17.7 Å². The first-order valence-electron chi connectivity index (χ1n) is 17.0. The van der Waals surface area contributed by atoms with Crippen LogP contribution in [0.25, 0.3) is 33.6 Å². The summed E-state index contributed by atoms with van der Waals surface area (Å²) in [6, 6.07) is 6.21. The molecule has 48 heavy (non-hydrogen) atoms. The van der Waals surface area contributed by atoms with Crippen LogP contribution >= 0.6 is 0 Å². The standard InChI is InChI=1S/C35H39F4N7O2/c1-17-26-8-7-20-14-29(45(31(20)42-26)16-35(38,39)9-3-5-19-11-22(19)33(47)41-17)32-43-27-13-21(34(48)44-10-4-6-25(40)18(44)2)12-24(37)30(27)46(32)28-15-23(28)36/h7-8,12-14,17-19,22-23,25,28H,3-6,9-11,15-16,40H2,1-2H3,(H,41,47)/t17-,18-,19-,22-,23+,25-,28+/m1/s1. The van der Waals surface area contributed by atoms with Crippen LogP contribution in [0.1, 0.15) is 86.9 Å². The molecule has 9 nitrogen and oxygen atoms in total. The lowest BCUT2D eigenvalue weighted by molar-refractivity contribution is -0.123. The number of carbonyl (C=O) groups excluding carboxylic acids is 2. The fraction of sp³-hybridized carbons (Fsp3) is 0.543. The number of pyridine rings is 1. The maximum absolute atomic E-state index is 16.1. The van der Waals surface area contributed by atoms with E-state index in [1.807, 2.05) is 13.8 Å². The Morgan fingerprint density at radius 2 is 1.88 bits per heavy atom. The van der Waals surface area contributed by atoms with Gasteiger partial charge in [0.15, 0.2) is 5.82 Å². The second kappa shape index (κ2) is 11.3. The highest BCUT2D eigenvalue weighted by molar-refractivity contribution is 5.98. The second-order valence-electron chi connectivity index (χ2n) is 14.3. The topological polar surface area (TPSA) is 111 Å². The Morgan fingerprint density at radius 1 is 1.08 bits per heavy atom. The molecule has 254 valence electrons. The van der Waals surface area contributed by atoms with Crippen LogP contribution in [0.2, 0.25) is 0 Å². The van der Waals surface area contributed by atoms with Crippen LogP contribution in [-0.4, -0.2) is 66.5 Å². The highest BCUT2D eigenvalue weighted by atomic mass is 19.3. The largest absolute Gasteiger partial charge is 0.348 e. The highest BCUT2D eigenvalue weighted by Gasteiger charge is 2.45. The third-order valence-electron chi connectivity index (χ3n) is 10.9. The number of imidazole rings is 1. The molecule has 2 amide bonds. The average Bonchev–Trinajstić information content (AvgIpc) is 3.91. The third-order valence-corrected chi connectivity index (χ3v) is 10.9. The molecular weight excluding hydrogens is 626 g/mol. The summed E-state index contributed by atoms with van der Waals surface area (Å²) >= 11 is 0. The Kier molecular flexibility index (Phi) is 7.35. The van der Waals surface area contributed by atoms with Crippen LogP contribution < -0.4 is 11.1 Å². The summed E-state index contributed by atoms with van der Waals surface area (Å²) in [5, 5.41) is 3.58. The van der Waals surface area contributed by atoms with Crippen molar-refractivity contribution < 1.29 is 27.2 Å². The Balaban J connectivity index is 1.27. The number of fused-ring (bicyclic) bond motifs is 3. The van der Waals surface area contributed by atoms with E-state index in [2.05, 4.69) is 5.32 Å². The number of nitrogens with two attached hydrogens (primary N) is 1. The number of amides is 2. The number of hydrogen-bond donors (Lipinski definition) is 2.